The third-order valence-electron chi connectivity index (χ3n) is 2.38. The summed E-state index contributed by atoms with van der Waals surface area (Å²) in [7, 11) is 0. The number of hydrogen-bond donors (Lipinski definition) is 2. The number of nitrogens with one attached hydrogen (secondary N) is 1. The summed E-state index contributed by atoms with van der Waals surface area (Å²) in [6.45, 7) is 0. The highest BCUT2D eigenvalue weighted by Gasteiger charge is 2.09. The fourth-order valence-corrected chi connectivity index (χ4v) is 1.72. The second kappa shape index (κ2) is 2.66. The van der Waals surface area contributed by atoms with Crippen LogP contribution >= 0.6 is 0 Å². The van der Waals surface area contributed by atoms with E-state index in [9.17, 15) is 4.39 Å². The van der Waals surface area contributed by atoms with Crippen molar-refractivity contribution in [2.24, 2.45) is 0 Å². The van der Waals surface area contributed by atoms with Crippen molar-refractivity contribution in [2.75, 3.05) is 5.73 Å². The number of aromatic nitrogens is 3. The van der Waals surface area contributed by atoms with E-state index in [-0.39, 0.29) is 5.82 Å². The van der Waals surface area contributed by atoms with Gasteiger partial charge in [0.15, 0.2) is 0 Å². The van der Waals surface area contributed by atoms with E-state index in [4.69, 9.17) is 5.73 Å². The topological polar surface area (TPSA) is 67.6 Å². The molecule has 0 saturated carbocycles. The monoisotopic (exact) mass is 202 g/mol. The molecular weight excluding hydrogens is 195 g/mol. The van der Waals surface area contributed by atoms with E-state index < -0.39 is 0 Å². The highest BCUT2D eigenvalue weighted by Crippen LogP contribution is 2.27. The molecular formula is C10H7FN4. The summed E-state index contributed by atoms with van der Waals surface area (Å²) in [5.41, 5.74) is 7.16. The number of fused-ring (bicyclic) bond motifs is 3. The van der Waals surface area contributed by atoms with Crippen LogP contribution < -0.4 is 5.73 Å². The summed E-state index contributed by atoms with van der Waals surface area (Å²) < 4.78 is 13.1. The molecule has 3 aromatic rings. The van der Waals surface area contributed by atoms with Crippen molar-refractivity contribution in [1.29, 1.82) is 0 Å². The molecule has 2 aromatic heterocycles. The number of rotatable bonds is 0. The molecule has 2 heterocycles. The van der Waals surface area contributed by atoms with Gasteiger partial charge in [0.2, 0.25) is 0 Å². The van der Waals surface area contributed by atoms with Gasteiger partial charge in [-0.1, -0.05) is 0 Å². The summed E-state index contributed by atoms with van der Waals surface area (Å²) in [6, 6.07) is 4.47. The fraction of sp³-hybridized carbons (Fsp3) is 0. The number of anilines is 1. The van der Waals surface area contributed by atoms with Gasteiger partial charge in [0.25, 0.3) is 0 Å². The third-order valence-corrected chi connectivity index (χ3v) is 2.38. The fourth-order valence-electron chi connectivity index (χ4n) is 1.72. The molecule has 15 heavy (non-hydrogen) atoms. The maximum absolute atomic E-state index is 13.1. The van der Waals surface area contributed by atoms with Crippen molar-refractivity contribution in [1.82, 2.24) is 15.0 Å². The number of H-pyrrole nitrogens is 1. The molecule has 3 rings (SSSR count). The van der Waals surface area contributed by atoms with Gasteiger partial charge >= 0.3 is 0 Å². The molecule has 0 aliphatic carbocycles. The van der Waals surface area contributed by atoms with E-state index in [1.807, 2.05) is 0 Å². The number of nitrogens with two attached hydrogens (primary N) is 1. The lowest BCUT2D eigenvalue weighted by atomic mass is 10.2. The van der Waals surface area contributed by atoms with Gasteiger partial charge in [-0.15, -0.1) is 0 Å². The van der Waals surface area contributed by atoms with Crippen molar-refractivity contribution >= 4 is 27.8 Å². The molecule has 3 N–H and O–H groups in total. The van der Waals surface area contributed by atoms with Crippen molar-refractivity contribution in [2.45, 2.75) is 0 Å². The molecule has 0 amide bonds. The SMILES string of the molecule is Nc1ncnc2[nH]c3ccc(F)cc3c12. The molecule has 0 spiro atoms. The lowest BCUT2D eigenvalue weighted by molar-refractivity contribution is 0.630. The number of hydrogen-bond acceptors (Lipinski definition) is 3. The van der Waals surface area contributed by atoms with Gasteiger partial charge in [-0.25, -0.2) is 14.4 Å². The average molecular weight is 202 g/mol. The van der Waals surface area contributed by atoms with Crippen LogP contribution in [0.1, 0.15) is 0 Å². The van der Waals surface area contributed by atoms with Crippen LogP contribution in [0.25, 0.3) is 21.9 Å². The normalized spacial score (nSPS) is 11.3. The van der Waals surface area contributed by atoms with Gasteiger partial charge in [-0.3, -0.25) is 0 Å². The molecule has 0 radical (unpaired) electrons. The zero-order chi connectivity index (χ0) is 10.4. The molecule has 0 aliphatic heterocycles. The van der Waals surface area contributed by atoms with Crippen LogP contribution in [0.5, 0.6) is 0 Å². The van der Waals surface area contributed by atoms with Crippen LogP contribution in [-0.2, 0) is 0 Å². The Morgan fingerprint density at radius 2 is 2.13 bits per heavy atom. The minimum Gasteiger partial charge on any atom is -0.383 e. The van der Waals surface area contributed by atoms with Crippen LogP contribution in [0.3, 0.4) is 0 Å². The van der Waals surface area contributed by atoms with E-state index in [0.717, 1.165) is 5.52 Å². The molecule has 0 fully saturated rings. The van der Waals surface area contributed by atoms with E-state index in [1.54, 1.807) is 6.07 Å². The molecule has 1 aromatic carbocycles. The molecule has 5 heteroatoms. The Bertz CT molecular complexity index is 659. The zero-order valence-electron chi connectivity index (χ0n) is 7.66. The first kappa shape index (κ1) is 8.16. The van der Waals surface area contributed by atoms with E-state index in [2.05, 4.69) is 15.0 Å². The van der Waals surface area contributed by atoms with E-state index in [1.165, 1.54) is 18.5 Å². The highest BCUT2D eigenvalue weighted by atomic mass is 19.1. The van der Waals surface area contributed by atoms with Gasteiger partial charge in [0.1, 0.15) is 23.6 Å². The van der Waals surface area contributed by atoms with Gasteiger partial charge in [-0.2, -0.15) is 0 Å². The van der Waals surface area contributed by atoms with Crippen LogP contribution in [-0.4, -0.2) is 15.0 Å². The molecule has 0 aliphatic rings. The molecule has 0 saturated heterocycles. The molecule has 0 bridgehead atoms. The van der Waals surface area contributed by atoms with Crippen molar-refractivity contribution in [3.8, 4) is 0 Å². The number of benzene rings is 1. The first-order valence-electron chi connectivity index (χ1n) is 4.43. The van der Waals surface area contributed by atoms with E-state index >= 15 is 0 Å². The molecule has 4 nitrogen and oxygen atoms in total. The molecule has 74 valence electrons. The van der Waals surface area contributed by atoms with E-state index in [0.29, 0.717) is 22.2 Å². The first-order chi connectivity index (χ1) is 7.25. The predicted molar refractivity (Wildman–Crippen MR) is 55.8 cm³/mol. The summed E-state index contributed by atoms with van der Waals surface area (Å²) in [5, 5.41) is 1.38. The number of halogens is 1. The lowest BCUT2D eigenvalue weighted by Gasteiger charge is -1.94. The third kappa shape index (κ3) is 1.06. The Kier molecular flexibility index (Phi) is 1.45. The quantitative estimate of drug-likeness (QED) is 0.584. The Morgan fingerprint density at radius 1 is 1.27 bits per heavy atom. The summed E-state index contributed by atoms with van der Waals surface area (Å²) in [4.78, 5) is 11.0. The lowest BCUT2D eigenvalue weighted by Crippen LogP contribution is -1.91. The second-order valence-electron chi connectivity index (χ2n) is 3.30. The summed E-state index contributed by atoms with van der Waals surface area (Å²) in [5.74, 6) is 0.0588. The Morgan fingerprint density at radius 3 is 3.00 bits per heavy atom. The first-order valence-corrected chi connectivity index (χ1v) is 4.43. The van der Waals surface area contributed by atoms with Crippen LogP contribution in [0.4, 0.5) is 10.2 Å². The van der Waals surface area contributed by atoms with Crippen LogP contribution in [0.2, 0.25) is 0 Å². The average Bonchev–Trinajstić information content (AvgIpc) is 2.57. The standard InChI is InChI=1S/C10H7FN4/c11-5-1-2-7-6(3-5)8-9(12)13-4-14-10(8)15-7/h1-4H,(H3,12,13,14,15). The van der Waals surface area contributed by atoms with Crippen molar-refractivity contribution in [3.05, 3.63) is 30.3 Å². The molecule has 0 unspecified atom stereocenters. The van der Waals surface area contributed by atoms with Crippen LogP contribution in [0.15, 0.2) is 24.5 Å². The molecule has 0 atom stereocenters. The van der Waals surface area contributed by atoms with Gasteiger partial charge in [0.05, 0.1) is 5.39 Å². The minimum absolute atomic E-state index is 0.299. The summed E-state index contributed by atoms with van der Waals surface area (Å²) >= 11 is 0. The van der Waals surface area contributed by atoms with Crippen molar-refractivity contribution < 1.29 is 4.39 Å². The number of nitrogen functional groups attached to an aromatic ring is 1. The minimum atomic E-state index is -0.299. The maximum atomic E-state index is 13.1. The second-order valence-corrected chi connectivity index (χ2v) is 3.30. The largest absolute Gasteiger partial charge is 0.383 e. The van der Waals surface area contributed by atoms with Gasteiger partial charge < -0.3 is 10.7 Å². The van der Waals surface area contributed by atoms with Crippen molar-refractivity contribution in [3.63, 3.8) is 0 Å². The summed E-state index contributed by atoms with van der Waals surface area (Å²) in [6.07, 6.45) is 1.38. The number of nitrogens with zero attached hydrogens (tertiary/aromatic N) is 2. The maximum Gasteiger partial charge on any atom is 0.143 e. The van der Waals surface area contributed by atoms with Gasteiger partial charge in [-0.05, 0) is 18.2 Å². The van der Waals surface area contributed by atoms with Gasteiger partial charge in [0, 0.05) is 10.9 Å². The highest BCUT2D eigenvalue weighted by molar-refractivity contribution is 6.10. The zero-order valence-corrected chi connectivity index (χ0v) is 7.66. The Balaban J connectivity index is 2.61. The Hall–Kier alpha value is -2.17. The Labute approximate surface area is 83.9 Å². The van der Waals surface area contributed by atoms with Crippen LogP contribution in [0, 0.1) is 5.82 Å². The smallest absolute Gasteiger partial charge is 0.143 e. The number of aromatic amines is 1. The predicted octanol–water partition coefficient (Wildman–Crippen LogP) is 1.83.